The van der Waals surface area contributed by atoms with Gasteiger partial charge in [0, 0.05) is 13.0 Å². The predicted molar refractivity (Wildman–Crippen MR) is 63.6 cm³/mol. The Balaban J connectivity index is 3.31. The normalized spacial score (nSPS) is 12.9. The molecule has 4 heteroatoms. The summed E-state index contributed by atoms with van der Waals surface area (Å²) in [6, 6.07) is 0. The van der Waals surface area contributed by atoms with Gasteiger partial charge < -0.3 is 16.0 Å². The van der Waals surface area contributed by atoms with Crippen LogP contribution in [0.3, 0.4) is 0 Å². The van der Waals surface area contributed by atoms with Gasteiger partial charge in [-0.1, -0.05) is 6.92 Å². The molecule has 1 amide bonds. The molecule has 0 saturated heterocycles. The first-order valence-corrected chi connectivity index (χ1v) is 5.67. The summed E-state index contributed by atoms with van der Waals surface area (Å²) in [5.74, 6) is 0.407. The van der Waals surface area contributed by atoms with Crippen LogP contribution in [0.2, 0.25) is 0 Å². The summed E-state index contributed by atoms with van der Waals surface area (Å²) in [5, 5.41) is 2.91. The molecular formula is C11H25N3O. The summed E-state index contributed by atoms with van der Waals surface area (Å²) in [6.45, 7) is 4.43. The zero-order valence-corrected chi connectivity index (χ0v) is 10.3. The van der Waals surface area contributed by atoms with Crippen LogP contribution in [0.15, 0.2) is 0 Å². The largest absolute Gasteiger partial charge is 0.356 e. The summed E-state index contributed by atoms with van der Waals surface area (Å²) >= 11 is 0. The molecule has 0 aromatic heterocycles. The summed E-state index contributed by atoms with van der Waals surface area (Å²) in [7, 11) is 4.11. The molecule has 0 aromatic carbocycles. The van der Waals surface area contributed by atoms with E-state index in [2.05, 4.69) is 24.3 Å². The third-order valence-corrected chi connectivity index (χ3v) is 2.29. The van der Waals surface area contributed by atoms with E-state index < -0.39 is 0 Å². The predicted octanol–water partition coefficient (Wildman–Crippen LogP) is 0.429. The van der Waals surface area contributed by atoms with Gasteiger partial charge in [0.2, 0.25) is 5.91 Å². The molecule has 1 atom stereocenters. The highest BCUT2D eigenvalue weighted by atomic mass is 16.1. The molecule has 3 N–H and O–H groups in total. The monoisotopic (exact) mass is 215 g/mol. The van der Waals surface area contributed by atoms with Crippen molar-refractivity contribution in [1.29, 1.82) is 0 Å². The van der Waals surface area contributed by atoms with Gasteiger partial charge in [0.15, 0.2) is 0 Å². The summed E-state index contributed by atoms with van der Waals surface area (Å²) < 4.78 is 0. The van der Waals surface area contributed by atoms with Crippen molar-refractivity contribution >= 4 is 5.91 Å². The van der Waals surface area contributed by atoms with E-state index in [0.29, 0.717) is 13.0 Å². The number of amides is 1. The second-order valence-electron chi connectivity index (χ2n) is 4.41. The molecule has 0 heterocycles. The summed E-state index contributed by atoms with van der Waals surface area (Å²) in [5.41, 5.74) is 5.44. The lowest BCUT2D eigenvalue weighted by atomic mass is 10.1. The third kappa shape index (κ3) is 9.69. The molecule has 0 aliphatic heterocycles. The molecule has 0 saturated carbocycles. The van der Waals surface area contributed by atoms with Crippen molar-refractivity contribution in [2.75, 3.05) is 33.7 Å². The molecule has 4 nitrogen and oxygen atoms in total. The maximum absolute atomic E-state index is 11.3. The van der Waals surface area contributed by atoms with Crippen molar-refractivity contribution < 1.29 is 4.79 Å². The Morgan fingerprint density at radius 1 is 1.40 bits per heavy atom. The molecule has 1 unspecified atom stereocenters. The Morgan fingerprint density at radius 2 is 2.07 bits per heavy atom. The van der Waals surface area contributed by atoms with Crippen LogP contribution < -0.4 is 11.1 Å². The first kappa shape index (κ1) is 14.4. The van der Waals surface area contributed by atoms with E-state index in [1.807, 2.05) is 6.92 Å². The average molecular weight is 215 g/mol. The van der Waals surface area contributed by atoms with Crippen LogP contribution in [0.5, 0.6) is 0 Å². The van der Waals surface area contributed by atoms with Crippen LogP contribution in [0.25, 0.3) is 0 Å². The molecule has 0 aliphatic carbocycles. The van der Waals surface area contributed by atoms with Gasteiger partial charge >= 0.3 is 0 Å². The van der Waals surface area contributed by atoms with Gasteiger partial charge in [-0.15, -0.1) is 0 Å². The number of unbranched alkanes of at least 4 members (excludes halogenated alkanes) is 1. The second kappa shape index (κ2) is 8.68. The minimum absolute atomic E-state index is 0.123. The van der Waals surface area contributed by atoms with E-state index in [1.165, 1.54) is 0 Å². The van der Waals surface area contributed by atoms with E-state index in [0.717, 1.165) is 25.9 Å². The lowest BCUT2D eigenvalue weighted by Gasteiger charge is -2.10. The smallest absolute Gasteiger partial charge is 0.220 e. The van der Waals surface area contributed by atoms with E-state index in [4.69, 9.17) is 5.73 Å². The van der Waals surface area contributed by atoms with Crippen LogP contribution in [0.1, 0.15) is 26.2 Å². The molecule has 0 fully saturated rings. The third-order valence-electron chi connectivity index (χ3n) is 2.29. The fourth-order valence-corrected chi connectivity index (χ4v) is 1.25. The maximum Gasteiger partial charge on any atom is 0.220 e. The Labute approximate surface area is 93.2 Å². The summed E-state index contributed by atoms with van der Waals surface area (Å²) in [6.07, 6.45) is 2.71. The van der Waals surface area contributed by atoms with Crippen molar-refractivity contribution in [3.8, 4) is 0 Å². The number of hydrogen-bond acceptors (Lipinski definition) is 3. The van der Waals surface area contributed by atoms with Crippen molar-refractivity contribution in [3.05, 3.63) is 0 Å². The second-order valence-corrected chi connectivity index (χ2v) is 4.41. The Bertz CT molecular complexity index is 171. The van der Waals surface area contributed by atoms with Gasteiger partial charge in [-0.3, -0.25) is 4.79 Å². The van der Waals surface area contributed by atoms with Crippen LogP contribution in [-0.2, 0) is 4.79 Å². The number of nitrogens with zero attached hydrogens (tertiary/aromatic N) is 1. The van der Waals surface area contributed by atoms with Crippen LogP contribution >= 0.6 is 0 Å². The number of rotatable bonds is 8. The van der Waals surface area contributed by atoms with Gasteiger partial charge in [0.25, 0.3) is 0 Å². The van der Waals surface area contributed by atoms with Crippen molar-refractivity contribution in [2.24, 2.45) is 11.7 Å². The first-order valence-electron chi connectivity index (χ1n) is 5.67. The quantitative estimate of drug-likeness (QED) is 0.577. The standard InChI is InChI=1S/C11H25N3O/c1-10(9-12)8-11(15)13-6-4-5-7-14(2)3/h10H,4-9,12H2,1-3H3,(H,13,15). The van der Waals surface area contributed by atoms with E-state index >= 15 is 0 Å². The minimum atomic E-state index is 0.123. The molecule has 90 valence electrons. The van der Waals surface area contributed by atoms with Crippen LogP contribution in [-0.4, -0.2) is 44.5 Å². The fraction of sp³-hybridized carbons (Fsp3) is 0.909. The van der Waals surface area contributed by atoms with E-state index in [9.17, 15) is 4.79 Å². The highest BCUT2D eigenvalue weighted by Crippen LogP contribution is 1.98. The fourth-order valence-electron chi connectivity index (χ4n) is 1.25. The summed E-state index contributed by atoms with van der Waals surface area (Å²) in [4.78, 5) is 13.5. The molecule has 0 bridgehead atoms. The van der Waals surface area contributed by atoms with E-state index in [-0.39, 0.29) is 11.8 Å². The van der Waals surface area contributed by atoms with Crippen molar-refractivity contribution in [2.45, 2.75) is 26.2 Å². The van der Waals surface area contributed by atoms with Gasteiger partial charge in [-0.25, -0.2) is 0 Å². The highest BCUT2D eigenvalue weighted by Gasteiger charge is 2.06. The SMILES string of the molecule is CC(CN)CC(=O)NCCCCN(C)C. The molecule has 0 rings (SSSR count). The van der Waals surface area contributed by atoms with Gasteiger partial charge in [-0.05, 0) is 45.9 Å². The van der Waals surface area contributed by atoms with E-state index in [1.54, 1.807) is 0 Å². The van der Waals surface area contributed by atoms with Crippen LogP contribution in [0.4, 0.5) is 0 Å². The Hall–Kier alpha value is -0.610. The molecular weight excluding hydrogens is 190 g/mol. The zero-order chi connectivity index (χ0) is 11.7. The average Bonchev–Trinajstić information content (AvgIpc) is 2.16. The Kier molecular flexibility index (Phi) is 8.33. The molecule has 0 aliphatic rings. The lowest BCUT2D eigenvalue weighted by Crippen LogP contribution is -2.28. The number of carbonyl (C=O) groups is 1. The number of hydrogen-bond donors (Lipinski definition) is 2. The molecule has 0 radical (unpaired) electrons. The zero-order valence-electron chi connectivity index (χ0n) is 10.3. The van der Waals surface area contributed by atoms with Gasteiger partial charge in [0.05, 0.1) is 0 Å². The Morgan fingerprint density at radius 3 is 2.60 bits per heavy atom. The molecule has 15 heavy (non-hydrogen) atoms. The van der Waals surface area contributed by atoms with Crippen LogP contribution in [0, 0.1) is 5.92 Å². The van der Waals surface area contributed by atoms with Gasteiger partial charge in [0.1, 0.15) is 0 Å². The topological polar surface area (TPSA) is 58.4 Å². The number of nitrogens with one attached hydrogen (secondary N) is 1. The minimum Gasteiger partial charge on any atom is -0.356 e. The van der Waals surface area contributed by atoms with Gasteiger partial charge in [-0.2, -0.15) is 0 Å². The lowest BCUT2D eigenvalue weighted by molar-refractivity contribution is -0.121. The van der Waals surface area contributed by atoms with Crippen molar-refractivity contribution in [1.82, 2.24) is 10.2 Å². The van der Waals surface area contributed by atoms with Crippen molar-refractivity contribution in [3.63, 3.8) is 0 Å². The molecule has 0 spiro atoms. The maximum atomic E-state index is 11.3. The first-order chi connectivity index (χ1) is 7.06. The molecule has 0 aromatic rings. The number of nitrogens with two attached hydrogens (primary N) is 1. The number of carbonyl (C=O) groups excluding carboxylic acids is 1. The highest BCUT2D eigenvalue weighted by molar-refractivity contribution is 5.76.